The Morgan fingerprint density at radius 2 is 1.94 bits per heavy atom. The molecule has 2 aliphatic heterocycles. The lowest BCUT2D eigenvalue weighted by atomic mass is 9.95. The largest absolute Gasteiger partial charge is 0.497 e. The molecule has 0 atom stereocenters. The van der Waals surface area contributed by atoms with E-state index in [1.807, 2.05) is 6.07 Å². The third-order valence-corrected chi connectivity index (χ3v) is 3.84. The van der Waals surface area contributed by atoms with Gasteiger partial charge in [-0.2, -0.15) is 0 Å². The maximum Gasteiger partial charge on any atom is 0.119 e. The number of methoxy groups -OCH3 is 1. The smallest absolute Gasteiger partial charge is 0.119 e. The fraction of sp³-hybridized carbons (Fsp3) is 0.467. The highest BCUT2D eigenvalue weighted by atomic mass is 16.5. The Kier molecular flexibility index (Phi) is 2.79. The summed E-state index contributed by atoms with van der Waals surface area (Å²) in [6.45, 7) is 2.51. The topological polar surface area (TPSA) is 12.5 Å². The van der Waals surface area contributed by atoms with Crippen LogP contribution in [-0.4, -0.2) is 25.1 Å². The SMILES string of the molecule is COc1cccc(C2=C3CCCN3CCC2)c1. The van der Waals surface area contributed by atoms with Crippen LogP contribution < -0.4 is 4.74 Å². The zero-order chi connectivity index (χ0) is 11.7. The van der Waals surface area contributed by atoms with Gasteiger partial charge in [0.15, 0.2) is 0 Å². The Morgan fingerprint density at radius 1 is 1.12 bits per heavy atom. The first-order valence-electron chi connectivity index (χ1n) is 6.50. The van der Waals surface area contributed by atoms with Gasteiger partial charge in [-0.25, -0.2) is 0 Å². The molecular formula is C15H19NO. The van der Waals surface area contributed by atoms with Crippen molar-refractivity contribution >= 4 is 5.57 Å². The molecule has 0 N–H and O–H groups in total. The van der Waals surface area contributed by atoms with Gasteiger partial charge in [-0.15, -0.1) is 0 Å². The number of benzene rings is 1. The second-order valence-electron chi connectivity index (χ2n) is 4.85. The van der Waals surface area contributed by atoms with Gasteiger partial charge in [-0.3, -0.25) is 0 Å². The van der Waals surface area contributed by atoms with Gasteiger partial charge in [-0.1, -0.05) is 12.1 Å². The minimum absolute atomic E-state index is 0.964. The Labute approximate surface area is 103 Å². The first-order valence-corrected chi connectivity index (χ1v) is 6.50. The van der Waals surface area contributed by atoms with E-state index in [1.54, 1.807) is 18.4 Å². The summed E-state index contributed by atoms with van der Waals surface area (Å²) < 4.78 is 5.32. The van der Waals surface area contributed by atoms with Crippen molar-refractivity contribution in [3.8, 4) is 5.75 Å². The van der Waals surface area contributed by atoms with Crippen molar-refractivity contribution in [1.29, 1.82) is 0 Å². The lowest BCUT2D eigenvalue weighted by molar-refractivity contribution is 0.373. The summed E-state index contributed by atoms with van der Waals surface area (Å²) in [7, 11) is 1.74. The number of ether oxygens (including phenoxy) is 1. The average Bonchev–Trinajstić information content (AvgIpc) is 2.87. The van der Waals surface area contributed by atoms with E-state index in [-0.39, 0.29) is 0 Å². The first-order chi connectivity index (χ1) is 8.38. The summed E-state index contributed by atoms with van der Waals surface area (Å²) in [5.74, 6) is 0.964. The van der Waals surface area contributed by atoms with Crippen LogP contribution >= 0.6 is 0 Å². The van der Waals surface area contributed by atoms with E-state index in [0.717, 1.165) is 5.75 Å². The molecule has 0 unspecified atom stereocenters. The molecule has 1 aromatic rings. The molecule has 17 heavy (non-hydrogen) atoms. The molecule has 0 aromatic heterocycles. The Morgan fingerprint density at radius 3 is 2.76 bits per heavy atom. The fourth-order valence-corrected chi connectivity index (χ4v) is 3.03. The summed E-state index contributed by atoms with van der Waals surface area (Å²) in [4.78, 5) is 2.57. The van der Waals surface area contributed by atoms with Gasteiger partial charge >= 0.3 is 0 Å². The van der Waals surface area contributed by atoms with Crippen molar-refractivity contribution in [2.45, 2.75) is 25.7 Å². The van der Waals surface area contributed by atoms with Crippen molar-refractivity contribution in [1.82, 2.24) is 4.90 Å². The number of allylic oxidation sites excluding steroid dienone is 2. The molecule has 90 valence electrons. The maximum atomic E-state index is 5.32. The van der Waals surface area contributed by atoms with E-state index in [4.69, 9.17) is 4.74 Å². The summed E-state index contributed by atoms with van der Waals surface area (Å²) in [5.41, 5.74) is 4.49. The first kappa shape index (κ1) is 10.7. The van der Waals surface area contributed by atoms with Crippen LogP contribution in [0.2, 0.25) is 0 Å². The molecule has 3 rings (SSSR count). The lowest BCUT2D eigenvalue weighted by Crippen LogP contribution is -2.23. The molecule has 0 aliphatic carbocycles. The van der Waals surface area contributed by atoms with E-state index < -0.39 is 0 Å². The Balaban J connectivity index is 2.01. The maximum absolute atomic E-state index is 5.32. The predicted molar refractivity (Wildman–Crippen MR) is 70.0 cm³/mol. The lowest BCUT2D eigenvalue weighted by Gasteiger charge is -2.28. The van der Waals surface area contributed by atoms with Crippen LogP contribution in [0.4, 0.5) is 0 Å². The molecule has 1 saturated heterocycles. The number of fused-ring (bicyclic) bond motifs is 1. The Bertz CT molecular complexity index is 450. The average molecular weight is 229 g/mol. The molecule has 0 bridgehead atoms. The predicted octanol–water partition coefficient (Wildman–Crippen LogP) is 3.30. The van der Waals surface area contributed by atoms with Crippen molar-refractivity contribution in [2.75, 3.05) is 20.2 Å². The van der Waals surface area contributed by atoms with Crippen LogP contribution in [0.3, 0.4) is 0 Å². The highest BCUT2D eigenvalue weighted by Crippen LogP contribution is 2.37. The summed E-state index contributed by atoms with van der Waals surface area (Å²) in [6.07, 6.45) is 5.09. The van der Waals surface area contributed by atoms with E-state index in [9.17, 15) is 0 Å². The third kappa shape index (κ3) is 1.92. The van der Waals surface area contributed by atoms with Crippen LogP contribution in [0.15, 0.2) is 30.0 Å². The molecule has 0 spiro atoms. The van der Waals surface area contributed by atoms with E-state index >= 15 is 0 Å². The van der Waals surface area contributed by atoms with Gasteiger partial charge in [0.25, 0.3) is 0 Å². The molecule has 0 radical (unpaired) electrons. The number of nitrogens with zero attached hydrogens (tertiary/aromatic N) is 1. The van der Waals surface area contributed by atoms with Crippen LogP contribution in [-0.2, 0) is 0 Å². The molecule has 2 nitrogen and oxygen atoms in total. The number of hydrogen-bond donors (Lipinski definition) is 0. The molecule has 2 heterocycles. The monoisotopic (exact) mass is 229 g/mol. The zero-order valence-corrected chi connectivity index (χ0v) is 10.4. The summed E-state index contributed by atoms with van der Waals surface area (Å²) in [6, 6.07) is 8.50. The molecular weight excluding hydrogens is 210 g/mol. The summed E-state index contributed by atoms with van der Waals surface area (Å²) in [5, 5.41) is 0. The van der Waals surface area contributed by atoms with E-state index in [2.05, 4.69) is 23.1 Å². The Hall–Kier alpha value is -1.44. The zero-order valence-electron chi connectivity index (χ0n) is 10.4. The van der Waals surface area contributed by atoms with Crippen LogP contribution in [0.25, 0.3) is 5.57 Å². The third-order valence-electron chi connectivity index (χ3n) is 3.84. The molecule has 1 aromatic carbocycles. The van der Waals surface area contributed by atoms with Gasteiger partial charge in [0.2, 0.25) is 0 Å². The van der Waals surface area contributed by atoms with E-state index in [0.29, 0.717) is 0 Å². The van der Waals surface area contributed by atoms with Gasteiger partial charge in [0, 0.05) is 18.8 Å². The molecule has 2 heteroatoms. The van der Waals surface area contributed by atoms with Crippen molar-refractivity contribution in [3.63, 3.8) is 0 Å². The number of rotatable bonds is 2. The normalized spacial score (nSPS) is 19.5. The fourth-order valence-electron chi connectivity index (χ4n) is 3.03. The minimum atomic E-state index is 0.964. The highest BCUT2D eigenvalue weighted by molar-refractivity contribution is 5.70. The molecule has 1 fully saturated rings. The molecule has 0 saturated carbocycles. The van der Waals surface area contributed by atoms with Gasteiger partial charge in [-0.05, 0) is 49.0 Å². The highest BCUT2D eigenvalue weighted by Gasteiger charge is 2.24. The van der Waals surface area contributed by atoms with Gasteiger partial charge in [0.05, 0.1) is 7.11 Å². The summed E-state index contributed by atoms with van der Waals surface area (Å²) >= 11 is 0. The van der Waals surface area contributed by atoms with Gasteiger partial charge < -0.3 is 9.64 Å². The number of hydrogen-bond acceptors (Lipinski definition) is 2. The van der Waals surface area contributed by atoms with Gasteiger partial charge in [0.1, 0.15) is 5.75 Å². The second kappa shape index (κ2) is 4.44. The van der Waals surface area contributed by atoms with Crippen LogP contribution in [0, 0.1) is 0 Å². The van der Waals surface area contributed by atoms with E-state index in [1.165, 1.54) is 44.3 Å². The van der Waals surface area contributed by atoms with Crippen LogP contribution in [0.5, 0.6) is 5.75 Å². The van der Waals surface area contributed by atoms with Crippen molar-refractivity contribution < 1.29 is 4.74 Å². The quantitative estimate of drug-likeness (QED) is 0.771. The second-order valence-corrected chi connectivity index (χ2v) is 4.85. The molecule has 0 amide bonds. The minimum Gasteiger partial charge on any atom is -0.497 e. The van der Waals surface area contributed by atoms with Crippen LogP contribution in [0.1, 0.15) is 31.2 Å². The molecule has 2 aliphatic rings. The van der Waals surface area contributed by atoms with Crippen molar-refractivity contribution in [3.05, 3.63) is 35.5 Å². The standard InChI is InChI=1S/C15H19NO/c1-17-13-6-2-5-12(11-13)14-7-3-9-16-10-4-8-15(14)16/h2,5-6,11H,3-4,7-10H2,1H3. The van der Waals surface area contributed by atoms with Crippen molar-refractivity contribution in [2.24, 2.45) is 0 Å².